The van der Waals surface area contributed by atoms with Crippen molar-refractivity contribution in [2.75, 3.05) is 0 Å². The normalized spacial score (nSPS) is 11.1. The van der Waals surface area contributed by atoms with Crippen molar-refractivity contribution >= 4 is 34.4 Å². The maximum absolute atomic E-state index is 12.5. The first kappa shape index (κ1) is 22.1. The van der Waals surface area contributed by atoms with Crippen molar-refractivity contribution in [1.82, 2.24) is 14.6 Å². The van der Waals surface area contributed by atoms with Crippen LogP contribution in [0, 0.1) is 50.4 Å². The maximum Gasteiger partial charge on any atom is 0.259 e. The molecular weight excluding hydrogens is 432 g/mol. The first-order valence-electron chi connectivity index (χ1n) is 10.3. The van der Waals surface area contributed by atoms with Crippen LogP contribution in [-0.2, 0) is 11.3 Å². The van der Waals surface area contributed by atoms with Gasteiger partial charge in [0, 0.05) is 38.9 Å². The third-order valence-electron chi connectivity index (χ3n) is 5.77. The molecule has 4 aromatic rings. The van der Waals surface area contributed by atoms with E-state index in [0.29, 0.717) is 11.1 Å². The lowest BCUT2D eigenvalue weighted by atomic mass is 10.2. The van der Waals surface area contributed by atoms with Crippen LogP contribution < -0.4 is 5.43 Å². The molecule has 164 valence electrons. The van der Waals surface area contributed by atoms with Gasteiger partial charge in [0.25, 0.3) is 5.91 Å². The van der Waals surface area contributed by atoms with Gasteiger partial charge in [-0.2, -0.15) is 15.6 Å². The Bertz CT molecular complexity index is 1500. The fourth-order valence-electron chi connectivity index (χ4n) is 3.96. The molecule has 0 atom stereocenters. The van der Waals surface area contributed by atoms with Gasteiger partial charge in [0.05, 0.1) is 17.3 Å². The molecule has 0 unspecified atom stereocenters. The van der Waals surface area contributed by atoms with Gasteiger partial charge < -0.3 is 9.13 Å². The Morgan fingerprint density at radius 2 is 1.94 bits per heavy atom. The van der Waals surface area contributed by atoms with Gasteiger partial charge in [0.1, 0.15) is 23.7 Å². The number of nitrogens with one attached hydrogen (secondary N) is 1. The average molecular weight is 455 g/mol. The molecule has 3 aromatic heterocycles. The molecular formula is C25H22N6OS. The summed E-state index contributed by atoms with van der Waals surface area (Å²) in [7, 11) is 0. The molecule has 4 rings (SSSR count). The van der Waals surface area contributed by atoms with Gasteiger partial charge in [0.2, 0.25) is 0 Å². The predicted molar refractivity (Wildman–Crippen MR) is 130 cm³/mol. The number of fused-ring (bicyclic) bond motifs is 1. The van der Waals surface area contributed by atoms with Crippen LogP contribution in [0.15, 0.2) is 41.6 Å². The summed E-state index contributed by atoms with van der Waals surface area (Å²) in [6.07, 6.45) is 3.30. The lowest BCUT2D eigenvalue weighted by Gasteiger charge is -2.07. The van der Waals surface area contributed by atoms with Crippen molar-refractivity contribution in [1.29, 1.82) is 10.5 Å². The molecule has 0 spiro atoms. The SMILES string of the molecule is Cc1sc(-n2c(C)cc(/C=N/NC(=O)Cn3cc(C#N)c4ccccc43)c2C)c(C#N)c1C. The van der Waals surface area contributed by atoms with Gasteiger partial charge >= 0.3 is 0 Å². The minimum Gasteiger partial charge on any atom is -0.337 e. The van der Waals surface area contributed by atoms with Crippen LogP contribution in [0.3, 0.4) is 0 Å². The van der Waals surface area contributed by atoms with Crippen LogP contribution in [0.1, 0.15) is 38.5 Å². The maximum atomic E-state index is 12.5. The van der Waals surface area contributed by atoms with E-state index >= 15 is 0 Å². The Morgan fingerprint density at radius 3 is 2.67 bits per heavy atom. The zero-order valence-corrected chi connectivity index (χ0v) is 19.6. The standard InChI is InChI=1S/C25H22N6OS/c1-15-9-19(17(3)31(15)25-22(11-27)16(2)18(4)33-25)12-28-29-24(32)14-30-13-20(10-26)21-7-5-6-8-23(21)30/h5-9,12-13H,14H2,1-4H3,(H,29,32)/b28-12+. The molecule has 8 heteroatoms. The highest BCUT2D eigenvalue weighted by Crippen LogP contribution is 2.33. The molecule has 1 aromatic carbocycles. The zero-order chi connectivity index (χ0) is 23.7. The molecule has 0 fully saturated rings. The third kappa shape index (κ3) is 3.93. The monoisotopic (exact) mass is 454 g/mol. The molecule has 0 aliphatic rings. The predicted octanol–water partition coefficient (Wildman–Crippen LogP) is 4.62. The number of hydrogen-bond donors (Lipinski definition) is 1. The third-order valence-corrected chi connectivity index (χ3v) is 6.96. The summed E-state index contributed by atoms with van der Waals surface area (Å²) < 4.78 is 3.80. The van der Waals surface area contributed by atoms with E-state index in [9.17, 15) is 15.3 Å². The number of hydrogen-bond acceptors (Lipinski definition) is 5. The highest BCUT2D eigenvalue weighted by Gasteiger charge is 2.18. The second kappa shape index (κ2) is 8.78. The highest BCUT2D eigenvalue weighted by atomic mass is 32.1. The number of carbonyl (C=O) groups is 1. The number of aryl methyl sites for hydroxylation is 2. The molecule has 1 N–H and O–H groups in total. The number of nitrogens with zero attached hydrogens (tertiary/aromatic N) is 5. The van der Waals surface area contributed by atoms with Gasteiger partial charge in [-0.1, -0.05) is 18.2 Å². The molecule has 0 saturated heterocycles. The Labute approximate surface area is 195 Å². The van der Waals surface area contributed by atoms with Crippen LogP contribution in [-0.4, -0.2) is 21.3 Å². The van der Waals surface area contributed by atoms with E-state index < -0.39 is 0 Å². The van der Waals surface area contributed by atoms with Crippen molar-refractivity contribution < 1.29 is 4.79 Å². The number of thiophene rings is 1. The Hall–Kier alpha value is -4.14. The molecule has 0 radical (unpaired) electrons. The summed E-state index contributed by atoms with van der Waals surface area (Å²) >= 11 is 1.60. The van der Waals surface area contributed by atoms with E-state index in [-0.39, 0.29) is 12.5 Å². The number of aromatic nitrogens is 2. The largest absolute Gasteiger partial charge is 0.337 e. The highest BCUT2D eigenvalue weighted by molar-refractivity contribution is 7.14. The second-order valence-electron chi connectivity index (χ2n) is 7.83. The number of hydrazone groups is 1. The number of para-hydroxylation sites is 1. The minimum absolute atomic E-state index is 0.0534. The summed E-state index contributed by atoms with van der Waals surface area (Å²) in [5, 5.41) is 24.8. The van der Waals surface area contributed by atoms with Gasteiger partial charge in [-0.15, -0.1) is 11.3 Å². The first-order chi connectivity index (χ1) is 15.8. The number of benzene rings is 1. The molecule has 0 aliphatic carbocycles. The number of amides is 1. The van der Waals surface area contributed by atoms with E-state index in [1.54, 1.807) is 28.3 Å². The van der Waals surface area contributed by atoms with E-state index in [1.807, 2.05) is 58.0 Å². The van der Waals surface area contributed by atoms with Crippen molar-refractivity contribution in [3.63, 3.8) is 0 Å². The number of nitriles is 2. The Kier molecular flexibility index (Phi) is 5.87. The summed E-state index contributed by atoms with van der Waals surface area (Å²) in [5.41, 5.74) is 8.41. The molecule has 3 heterocycles. The fraction of sp³-hybridized carbons (Fsp3) is 0.200. The zero-order valence-electron chi connectivity index (χ0n) is 18.8. The Balaban J connectivity index is 1.53. The molecule has 0 bridgehead atoms. The van der Waals surface area contributed by atoms with E-state index in [4.69, 9.17) is 0 Å². The van der Waals surface area contributed by atoms with Gasteiger partial charge in [0.15, 0.2) is 0 Å². The summed E-state index contributed by atoms with van der Waals surface area (Å²) in [5.74, 6) is -0.290. The van der Waals surface area contributed by atoms with E-state index in [1.165, 1.54) is 0 Å². The van der Waals surface area contributed by atoms with Crippen LogP contribution in [0.5, 0.6) is 0 Å². The van der Waals surface area contributed by atoms with Crippen LogP contribution in [0.4, 0.5) is 0 Å². The van der Waals surface area contributed by atoms with Crippen LogP contribution in [0.2, 0.25) is 0 Å². The first-order valence-corrected chi connectivity index (χ1v) is 11.2. The van der Waals surface area contributed by atoms with E-state index in [2.05, 4.69) is 27.2 Å². The van der Waals surface area contributed by atoms with Gasteiger partial charge in [-0.05, 0) is 45.4 Å². The van der Waals surface area contributed by atoms with Gasteiger partial charge in [-0.3, -0.25) is 4.79 Å². The molecule has 0 aliphatic heterocycles. The molecule has 0 saturated carbocycles. The van der Waals surface area contributed by atoms with Gasteiger partial charge in [-0.25, -0.2) is 5.43 Å². The quantitative estimate of drug-likeness (QED) is 0.352. The smallest absolute Gasteiger partial charge is 0.259 e. The van der Waals surface area contributed by atoms with Crippen molar-refractivity contribution in [2.24, 2.45) is 5.10 Å². The molecule has 7 nitrogen and oxygen atoms in total. The minimum atomic E-state index is -0.290. The number of carbonyl (C=O) groups excluding carboxylic acids is 1. The average Bonchev–Trinajstić information content (AvgIpc) is 3.39. The lowest BCUT2D eigenvalue weighted by molar-refractivity contribution is -0.121. The fourth-order valence-corrected chi connectivity index (χ4v) is 5.18. The van der Waals surface area contributed by atoms with Crippen molar-refractivity contribution in [2.45, 2.75) is 34.2 Å². The van der Waals surface area contributed by atoms with Crippen LogP contribution >= 0.6 is 11.3 Å². The van der Waals surface area contributed by atoms with E-state index in [0.717, 1.165) is 43.3 Å². The summed E-state index contributed by atoms with van der Waals surface area (Å²) in [4.78, 5) is 13.6. The lowest BCUT2D eigenvalue weighted by Crippen LogP contribution is -2.22. The summed E-state index contributed by atoms with van der Waals surface area (Å²) in [6, 6.07) is 14.0. The number of rotatable bonds is 5. The van der Waals surface area contributed by atoms with Crippen molar-refractivity contribution in [3.05, 3.63) is 75.0 Å². The molecule has 1 amide bonds. The molecule has 33 heavy (non-hydrogen) atoms. The topological polar surface area (TPSA) is 98.9 Å². The van der Waals surface area contributed by atoms with Crippen LogP contribution in [0.25, 0.3) is 15.9 Å². The second-order valence-corrected chi connectivity index (χ2v) is 9.03. The Morgan fingerprint density at radius 1 is 1.18 bits per heavy atom. The summed E-state index contributed by atoms with van der Waals surface area (Å²) in [6.45, 7) is 7.99. The van der Waals surface area contributed by atoms with Crippen molar-refractivity contribution in [3.8, 4) is 17.1 Å².